The molecule has 1 rings (SSSR count). The highest BCUT2D eigenvalue weighted by atomic mass is 32.2. The van der Waals surface area contributed by atoms with Gasteiger partial charge in [-0.2, -0.15) is 23.1 Å². The van der Waals surface area contributed by atoms with Gasteiger partial charge in [0.05, 0.1) is 6.42 Å². The Labute approximate surface area is 79.6 Å². The molecule has 0 unspecified atom stereocenters. The average molecular weight is 202 g/mol. The zero-order valence-corrected chi connectivity index (χ0v) is 8.16. The lowest BCUT2D eigenvalue weighted by atomic mass is 10.4. The van der Waals surface area contributed by atoms with E-state index in [0.29, 0.717) is 5.75 Å². The lowest BCUT2D eigenvalue weighted by Crippen LogP contribution is -1.95. The minimum absolute atomic E-state index is 0.259. The van der Waals surface area contributed by atoms with Crippen LogP contribution < -0.4 is 0 Å². The van der Waals surface area contributed by atoms with Crippen LogP contribution in [0.5, 0.6) is 0 Å². The van der Waals surface area contributed by atoms with Crippen LogP contribution in [0.25, 0.3) is 0 Å². The van der Waals surface area contributed by atoms with E-state index in [1.807, 2.05) is 5.38 Å². The number of hydrogen-bond acceptors (Lipinski definition) is 3. The predicted molar refractivity (Wildman–Crippen MR) is 52.7 cm³/mol. The van der Waals surface area contributed by atoms with Gasteiger partial charge in [-0.3, -0.25) is 4.79 Å². The van der Waals surface area contributed by atoms with E-state index in [4.69, 9.17) is 5.11 Å². The highest BCUT2D eigenvalue weighted by Crippen LogP contribution is 2.15. The summed E-state index contributed by atoms with van der Waals surface area (Å²) in [6.45, 7) is 0. The second-order valence-corrected chi connectivity index (χ2v) is 4.21. The van der Waals surface area contributed by atoms with Crippen molar-refractivity contribution in [2.24, 2.45) is 0 Å². The molecule has 1 aromatic rings. The van der Waals surface area contributed by atoms with Crippen LogP contribution in [0.15, 0.2) is 16.8 Å². The largest absolute Gasteiger partial charge is 0.481 e. The summed E-state index contributed by atoms with van der Waals surface area (Å²) in [5.74, 6) is 0.912. The number of rotatable bonds is 5. The first-order chi connectivity index (χ1) is 5.79. The second kappa shape index (κ2) is 5.22. The molecular formula is C8H10O2S2. The molecule has 0 aromatic carbocycles. The first-order valence-electron chi connectivity index (χ1n) is 3.59. The summed E-state index contributed by atoms with van der Waals surface area (Å²) >= 11 is 3.34. The van der Waals surface area contributed by atoms with Gasteiger partial charge in [-0.15, -0.1) is 0 Å². The highest BCUT2D eigenvalue weighted by molar-refractivity contribution is 7.98. The molecule has 12 heavy (non-hydrogen) atoms. The highest BCUT2D eigenvalue weighted by Gasteiger charge is 1.97. The molecule has 0 atom stereocenters. The van der Waals surface area contributed by atoms with Gasteiger partial charge in [-0.25, -0.2) is 0 Å². The predicted octanol–water partition coefficient (Wildman–Crippen LogP) is 2.46. The Kier molecular flexibility index (Phi) is 4.18. The van der Waals surface area contributed by atoms with E-state index in [-0.39, 0.29) is 6.42 Å². The maximum absolute atomic E-state index is 10.1. The fourth-order valence-corrected chi connectivity index (χ4v) is 2.38. The maximum atomic E-state index is 10.1. The SMILES string of the molecule is O=C(O)CCSCc1ccsc1. The molecular weight excluding hydrogens is 192 g/mol. The molecule has 0 fully saturated rings. The normalized spacial score (nSPS) is 10.0. The zero-order valence-electron chi connectivity index (χ0n) is 6.53. The third-order valence-electron chi connectivity index (χ3n) is 1.31. The molecule has 0 radical (unpaired) electrons. The van der Waals surface area contributed by atoms with Crippen LogP contribution in [0.4, 0.5) is 0 Å². The monoisotopic (exact) mass is 202 g/mol. The van der Waals surface area contributed by atoms with Crippen molar-refractivity contribution in [3.05, 3.63) is 22.4 Å². The van der Waals surface area contributed by atoms with Gasteiger partial charge in [0.2, 0.25) is 0 Å². The zero-order chi connectivity index (χ0) is 8.81. The van der Waals surface area contributed by atoms with Crippen LogP contribution in [-0.4, -0.2) is 16.8 Å². The summed E-state index contributed by atoms with van der Waals surface area (Å²) in [5, 5.41) is 12.5. The lowest BCUT2D eigenvalue weighted by molar-refractivity contribution is -0.136. The number of thiophene rings is 1. The molecule has 1 heterocycles. The minimum Gasteiger partial charge on any atom is -0.481 e. The van der Waals surface area contributed by atoms with Crippen LogP contribution in [-0.2, 0) is 10.5 Å². The Bertz CT molecular complexity index is 231. The number of carboxylic acids is 1. The van der Waals surface area contributed by atoms with E-state index in [2.05, 4.69) is 11.4 Å². The van der Waals surface area contributed by atoms with E-state index >= 15 is 0 Å². The van der Waals surface area contributed by atoms with Gasteiger partial charge in [-0.05, 0) is 22.4 Å². The van der Waals surface area contributed by atoms with Gasteiger partial charge in [0, 0.05) is 11.5 Å². The van der Waals surface area contributed by atoms with Crippen molar-refractivity contribution in [3.63, 3.8) is 0 Å². The van der Waals surface area contributed by atoms with Crippen LogP contribution >= 0.6 is 23.1 Å². The van der Waals surface area contributed by atoms with Crippen LogP contribution in [0, 0.1) is 0 Å². The summed E-state index contributed by atoms with van der Waals surface area (Å²) in [6, 6.07) is 2.07. The molecule has 0 aliphatic carbocycles. The van der Waals surface area contributed by atoms with Crippen molar-refractivity contribution in [3.8, 4) is 0 Å². The third-order valence-corrected chi connectivity index (χ3v) is 3.07. The Morgan fingerprint density at radius 2 is 2.50 bits per heavy atom. The number of carboxylic acid groups (broad SMARTS) is 1. The Hall–Kier alpha value is -0.480. The summed E-state index contributed by atoms with van der Waals surface area (Å²) in [7, 11) is 0. The quantitative estimate of drug-likeness (QED) is 0.745. The van der Waals surface area contributed by atoms with E-state index in [9.17, 15) is 4.79 Å². The molecule has 0 saturated heterocycles. The summed E-state index contributed by atoms with van der Waals surface area (Å²) in [6.07, 6.45) is 0.259. The van der Waals surface area contributed by atoms with Crippen molar-refractivity contribution in [2.45, 2.75) is 12.2 Å². The number of hydrogen-bond donors (Lipinski definition) is 1. The van der Waals surface area contributed by atoms with Gasteiger partial charge in [0.15, 0.2) is 0 Å². The first kappa shape index (κ1) is 9.61. The molecule has 0 bridgehead atoms. The van der Waals surface area contributed by atoms with Gasteiger partial charge < -0.3 is 5.11 Å². The smallest absolute Gasteiger partial charge is 0.304 e. The van der Waals surface area contributed by atoms with Gasteiger partial charge in [0.1, 0.15) is 0 Å². The average Bonchev–Trinajstić information content (AvgIpc) is 2.49. The van der Waals surface area contributed by atoms with Crippen LogP contribution in [0.1, 0.15) is 12.0 Å². The Morgan fingerprint density at radius 3 is 3.08 bits per heavy atom. The van der Waals surface area contributed by atoms with Crippen molar-refractivity contribution in [1.82, 2.24) is 0 Å². The van der Waals surface area contributed by atoms with Crippen molar-refractivity contribution in [1.29, 1.82) is 0 Å². The van der Waals surface area contributed by atoms with Gasteiger partial charge in [-0.1, -0.05) is 0 Å². The molecule has 0 aliphatic rings. The van der Waals surface area contributed by atoms with E-state index in [1.165, 1.54) is 5.56 Å². The summed E-state index contributed by atoms with van der Waals surface area (Å²) < 4.78 is 0. The molecule has 66 valence electrons. The Morgan fingerprint density at radius 1 is 1.67 bits per heavy atom. The van der Waals surface area contributed by atoms with E-state index in [1.54, 1.807) is 23.1 Å². The van der Waals surface area contributed by atoms with Crippen molar-refractivity contribution >= 4 is 29.1 Å². The maximum Gasteiger partial charge on any atom is 0.304 e. The Balaban J connectivity index is 2.07. The fraction of sp³-hybridized carbons (Fsp3) is 0.375. The third kappa shape index (κ3) is 3.78. The number of carbonyl (C=O) groups is 1. The minimum atomic E-state index is -0.715. The molecule has 1 N–H and O–H groups in total. The van der Waals surface area contributed by atoms with Crippen molar-refractivity contribution in [2.75, 3.05) is 5.75 Å². The molecule has 0 spiro atoms. The molecule has 0 aliphatic heterocycles. The molecule has 4 heteroatoms. The molecule has 2 nitrogen and oxygen atoms in total. The van der Waals surface area contributed by atoms with Crippen LogP contribution in [0.2, 0.25) is 0 Å². The fourth-order valence-electron chi connectivity index (χ4n) is 0.724. The van der Waals surface area contributed by atoms with Gasteiger partial charge >= 0.3 is 5.97 Å². The number of thioether (sulfide) groups is 1. The number of aliphatic carboxylic acids is 1. The molecule has 0 saturated carbocycles. The van der Waals surface area contributed by atoms with E-state index in [0.717, 1.165) is 5.75 Å². The molecule has 1 aromatic heterocycles. The summed E-state index contributed by atoms with van der Waals surface area (Å²) in [5.41, 5.74) is 1.29. The topological polar surface area (TPSA) is 37.3 Å². The van der Waals surface area contributed by atoms with Crippen molar-refractivity contribution < 1.29 is 9.90 Å². The summed E-state index contributed by atoms with van der Waals surface area (Å²) in [4.78, 5) is 10.1. The first-order valence-corrected chi connectivity index (χ1v) is 5.69. The van der Waals surface area contributed by atoms with Gasteiger partial charge in [0.25, 0.3) is 0 Å². The lowest BCUT2D eigenvalue weighted by Gasteiger charge is -1.95. The second-order valence-electron chi connectivity index (χ2n) is 2.33. The standard InChI is InChI=1S/C8H10O2S2/c9-8(10)2-4-12-6-7-1-3-11-5-7/h1,3,5H,2,4,6H2,(H,9,10). The van der Waals surface area contributed by atoms with E-state index < -0.39 is 5.97 Å². The molecule has 0 amide bonds. The van der Waals surface area contributed by atoms with Crippen LogP contribution in [0.3, 0.4) is 0 Å².